The number of hydrogen-bond acceptors (Lipinski definition) is 3. The number of aliphatic hydroxyl groups excluding tert-OH is 1. The topological polar surface area (TPSA) is 62.2 Å². The van der Waals surface area contributed by atoms with Gasteiger partial charge < -0.3 is 10.4 Å². The largest absolute Gasteiger partial charge is 0.384 e. The normalized spacial score (nSPS) is 9.67. The molecule has 0 aliphatic rings. The number of halogens is 2. The van der Waals surface area contributed by atoms with Crippen molar-refractivity contribution in [3.63, 3.8) is 0 Å². The van der Waals surface area contributed by atoms with Gasteiger partial charge in [0.2, 0.25) is 0 Å². The van der Waals surface area contributed by atoms with Gasteiger partial charge in [-0.1, -0.05) is 35.0 Å². The summed E-state index contributed by atoms with van der Waals surface area (Å²) in [6.07, 6.45) is 2.93. The molecule has 0 saturated heterocycles. The summed E-state index contributed by atoms with van der Waals surface area (Å²) in [5.41, 5.74) is 1.34. The van der Waals surface area contributed by atoms with Gasteiger partial charge in [0.15, 0.2) is 0 Å². The van der Waals surface area contributed by atoms with Gasteiger partial charge in [0.25, 0.3) is 5.91 Å². The summed E-state index contributed by atoms with van der Waals surface area (Å²) in [7, 11) is 0. The van der Waals surface area contributed by atoms with E-state index in [1.165, 1.54) is 12.4 Å². The number of anilines is 1. The number of carbonyl (C=O) groups is 1. The average molecular weight is 321 g/mol. The zero-order valence-electron chi connectivity index (χ0n) is 10.7. The zero-order chi connectivity index (χ0) is 15.2. The molecule has 2 N–H and O–H groups in total. The molecule has 0 aliphatic heterocycles. The number of rotatable bonds is 2. The highest BCUT2D eigenvalue weighted by molar-refractivity contribution is 6.36. The van der Waals surface area contributed by atoms with Crippen molar-refractivity contribution in [3.05, 3.63) is 57.8 Å². The van der Waals surface area contributed by atoms with Gasteiger partial charge in [0, 0.05) is 23.0 Å². The van der Waals surface area contributed by atoms with Crippen molar-refractivity contribution < 1.29 is 9.90 Å². The highest BCUT2D eigenvalue weighted by Crippen LogP contribution is 2.25. The van der Waals surface area contributed by atoms with Crippen LogP contribution in [-0.4, -0.2) is 22.6 Å². The number of aliphatic hydroxyl groups is 1. The highest BCUT2D eigenvalue weighted by atomic mass is 35.5. The van der Waals surface area contributed by atoms with Crippen LogP contribution in [0.5, 0.6) is 0 Å². The third-order valence-corrected chi connectivity index (χ3v) is 3.04. The van der Waals surface area contributed by atoms with E-state index in [-0.39, 0.29) is 12.5 Å². The maximum Gasteiger partial charge on any atom is 0.257 e. The van der Waals surface area contributed by atoms with Crippen molar-refractivity contribution in [2.75, 3.05) is 11.9 Å². The van der Waals surface area contributed by atoms with Crippen LogP contribution in [0.25, 0.3) is 0 Å². The van der Waals surface area contributed by atoms with Crippen LogP contribution in [-0.2, 0) is 0 Å². The first kappa shape index (κ1) is 15.3. The number of hydrogen-bond donors (Lipinski definition) is 2. The molecule has 0 saturated carbocycles. The van der Waals surface area contributed by atoms with Crippen LogP contribution in [0, 0.1) is 11.8 Å². The molecule has 1 heterocycles. The smallest absolute Gasteiger partial charge is 0.257 e. The molecule has 0 fully saturated rings. The van der Waals surface area contributed by atoms with Gasteiger partial charge in [-0.15, -0.1) is 0 Å². The molecule has 0 aliphatic carbocycles. The van der Waals surface area contributed by atoms with Gasteiger partial charge in [-0.3, -0.25) is 9.78 Å². The average Bonchev–Trinajstić information content (AvgIpc) is 2.48. The quantitative estimate of drug-likeness (QED) is 0.836. The van der Waals surface area contributed by atoms with Crippen LogP contribution in [0.4, 0.5) is 5.69 Å². The number of benzene rings is 1. The molecule has 1 aromatic heterocycles. The third-order valence-electron chi connectivity index (χ3n) is 2.49. The lowest BCUT2D eigenvalue weighted by atomic mass is 10.2. The van der Waals surface area contributed by atoms with Crippen molar-refractivity contribution in [2.24, 2.45) is 0 Å². The minimum absolute atomic E-state index is 0.253. The molecule has 6 heteroatoms. The monoisotopic (exact) mass is 320 g/mol. The Morgan fingerprint density at radius 1 is 1.29 bits per heavy atom. The van der Waals surface area contributed by atoms with Crippen molar-refractivity contribution >= 4 is 34.8 Å². The molecule has 2 rings (SSSR count). The molecular weight excluding hydrogens is 311 g/mol. The summed E-state index contributed by atoms with van der Waals surface area (Å²) in [6.45, 7) is -0.253. The fraction of sp³-hybridized carbons (Fsp3) is 0.0667. The van der Waals surface area contributed by atoms with Crippen LogP contribution in [0.15, 0.2) is 36.7 Å². The first-order valence-electron chi connectivity index (χ1n) is 5.91. The van der Waals surface area contributed by atoms with E-state index < -0.39 is 0 Å². The Kier molecular flexibility index (Phi) is 5.18. The second kappa shape index (κ2) is 7.09. The fourth-order valence-electron chi connectivity index (χ4n) is 1.56. The number of nitrogens with zero attached hydrogens (tertiary/aromatic N) is 1. The maximum absolute atomic E-state index is 12.1. The van der Waals surface area contributed by atoms with Gasteiger partial charge in [0.05, 0.1) is 16.3 Å². The predicted octanol–water partition coefficient (Wildman–Crippen LogP) is 2.98. The van der Waals surface area contributed by atoms with E-state index in [0.29, 0.717) is 26.9 Å². The molecule has 0 atom stereocenters. The minimum Gasteiger partial charge on any atom is -0.384 e. The molecule has 21 heavy (non-hydrogen) atoms. The zero-order valence-corrected chi connectivity index (χ0v) is 12.2. The molecule has 1 aromatic carbocycles. The first-order chi connectivity index (χ1) is 10.1. The molecule has 4 nitrogen and oxygen atoms in total. The Morgan fingerprint density at radius 3 is 2.81 bits per heavy atom. The van der Waals surface area contributed by atoms with Gasteiger partial charge in [-0.2, -0.15) is 0 Å². The van der Waals surface area contributed by atoms with Crippen LogP contribution in [0.1, 0.15) is 15.9 Å². The molecule has 106 valence electrons. The summed E-state index contributed by atoms with van der Waals surface area (Å²) >= 11 is 11.8. The molecule has 0 radical (unpaired) electrons. The van der Waals surface area contributed by atoms with Crippen molar-refractivity contribution in [3.8, 4) is 11.8 Å². The lowest BCUT2D eigenvalue weighted by Gasteiger charge is -2.07. The fourth-order valence-corrected chi connectivity index (χ4v) is 2.02. The lowest BCUT2D eigenvalue weighted by Crippen LogP contribution is -2.12. The Bertz CT molecular complexity index is 736. The third kappa shape index (κ3) is 4.20. The molecule has 1 amide bonds. The van der Waals surface area contributed by atoms with E-state index in [1.54, 1.807) is 24.3 Å². The van der Waals surface area contributed by atoms with Crippen LogP contribution < -0.4 is 5.32 Å². The predicted molar refractivity (Wildman–Crippen MR) is 82.6 cm³/mol. The van der Waals surface area contributed by atoms with E-state index in [1.807, 2.05) is 0 Å². The highest BCUT2D eigenvalue weighted by Gasteiger charge is 2.09. The van der Waals surface area contributed by atoms with Crippen LogP contribution in [0.2, 0.25) is 10.0 Å². The summed E-state index contributed by atoms with van der Waals surface area (Å²) in [4.78, 5) is 16.1. The first-order valence-corrected chi connectivity index (χ1v) is 6.67. The van der Waals surface area contributed by atoms with Crippen molar-refractivity contribution in [1.29, 1.82) is 0 Å². The molecule has 0 bridgehead atoms. The van der Waals surface area contributed by atoms with Crippen LogP contribution >= 0.6 is 23.2 Å². The standard InChI is InChI=1S/C15H10Cl2N2O2/c16-12-3-4-14(13(17)7-12)19-15(21)11-6-10(2-1-5-20)8-18-9-11/h3-4,6-9,20H,5H2,(H,19,21). The molecule has 0 spiro atoms. The molecule has 0 unspecified atom stereocenters. The summed E-state index contributed by atoms with van der Waals surface area (Å²) < 4.78 is 0. The molecule has 2 aromatic rings. The van der Waals surface area contributed by atoms with E-state index >= 15 is 0 Å². The summed E-state index contributed by atoms with van der Waals surface area (Å²) in [6, 6.07) is 6.37. The number of pyridine rings is 1. The Morgan fingerprint density at radius 2 is 2.10 bits per heavy atom. The second-order valence-electron chi connectivity index (χ2n) is 4.00. The van der Waals surface area contributed by atoms with Crippen LogP contribution in [0.3, 0.4) is 0 Å². The van der Waals surface area contributed by atoms with E-state index in [9.17, 15) is 4.79 Å². The van der Waals surface area contributed by atoms with E-state index in [0.717, 1.165) is 0 Å². The number of carbonyl (C=O) groups excluding carboxylic acids is 1. The van der Waals surface area contributed by atoms with Crippen molar-refractivity contribution in [2.45, 2.75) is 0 Å². The van der Waals surface area contributed by atoms with E-state index in [4.69, 9.17) is 28.3 Å². The Hall–Kier alpha value is -2.06. The second-order valence-corrected chi connectivity index (χ2v) is 4.84. The lowest BCUT2D eigenvalue weighted by molar-refractivity contribution is 0.102. The number of nitrogens with one attached hydrogen (secondary N) is 1. The van der Waals surface area contributed by atoms with Gasteiger partial charge in [0.1, 0.15) is 6.61 Å². The Balaban J connectivity index is 2.20. The van der Waals surface area contributed by atoms with Gasteiger partial charge in [-0.05, 0) is 24.3 Å². The number of aromatic nitrogens is 1. The van der Waals surface area contributed by atoms with Crippen molar-refractivity contribution in [1.82, 2.24) is 4.98 Å². The maximum atomic E-state index is 12.1. The minimum atomic E-state index is -0.362. The summed E-state index contributed by atoms with van der Waals surface area (Å²) in [5, 5.41) is 12.2. The van der Waals surface area contributed by atoms with Gasteiger partial charge >= 0.3 is 0 Å². The SMILES string of the molecule is O=C(Nc1ccc(Cl)cc1Cl)c1cncc(C#CCO)c1. The molecular formula is C15H10Cl2N2O2. The van der Waals surface area contributed by atoms with Gasteiger partial charge in [-0.25, -0.2) is 0 Å². The number of amides is 1. The van der Waals surface area contributed by atoms with E-state index in [2.05, 4.69) is 22.1 Å². The Labute approximate surface area is 131 Å². The summed E-state index contributed by atoms with van der Waals surface area (Å²) in [5.74, 6) is 4.82.